The van der Waals surface area contributed by atoms with E-state index >= 15 is 0 Å². The van der Waals surface area contributed by atoms with Crippen molar-refractivity contribution < 1.29 is 9.90 Å². The number of aromatic carboxylic acids is 1. The number of hydrogen-bond acceptors (Lipinski definition) is 2. The first-order valence-corrected chi connectivity index (χ1v) is 9.21. The molecule has 2 aromatic carbocycles. The van der Waals surface area contributed by atoms with Crippen molar-refractivity contribution in [2.45, 2.75) is 19.3 Å². The standard InChI is InChI=1S/C19H18BrClN2O2/c20-12-5-6-16(21)15(10-12)18-13(3-1-2-8-22)14-9-11(19(24)25)4-7-17(14)23-18/h4-7,9-10,23H,1-3,8,22H2,(H,24,25). The number of aromatic amines is 1. The van der Waals surface area contributed by atoms with Crippen molar-refractivity contribution in [1.29, 1.82) is 0 Å². The molecule has 0 aliphatic rings. The quantitative estimate of drug-likeness (QED) is 0.477. The minimum atomic E-state index is -0.932. The van der Waals surface area contributed by atoms with Gasteiger partial charge in [0.25, 0.3) is 0 Å². The summed E-state index contributed by atoms with van der Waals surface area (Å²) in [4.78, 5) is 14.7. The van der Waals surface area contributed by atoms with Gasteiger partial charge in [-0.05, 0) is 67.8 Å². The molecule has 0 radical (unpaired) electrons. The van der Waals surface area contributed by atoms with Crippen LogP contribution in [0.4, 0.5) is 0 Å². The maximum atomic E-state index is 11.3. The minimum absolute atomic E-state index is 0.276. The second-order valence-electron chi connectivity index (χ2n) is 5.91. The molecule has 0 fully saturated rings. The Hall–Kier alpha value is -1.82. The topological polar surface area (TPSA) is 79.1 Å². The second kappa shape index (κ2) is 7.60. The Labute approximate surface area is 159 Å². The molecule has 0 amide bonds. The van der Waals surface area contributed by atoms with Gasteiger partial charge in [-0.3, -0.25) is 0 Å². The molecule has 0 unspecified atom stereocenters. The van der Waals surface area contributed by atoms with E-state index in [9.17, 15) is 9.90 Å². The molecule has 6 heteroatoms. The van der Waals surface area contributed by atoms with Crippen LogP contribution in [0.25, 0.3) is 22.2 Å². The van der Waals surface area contributed by atoms with Gasteiger partial charge in [0.05, 0.1) is 11.3 Å². The van der Waals surface area contributed by atoms with Crippen molar-refractivity contribution in [3.8, 4) is 11.3 Å². The van der Waals surface area contributed by atoms with Gasteiger partial charge in [-0.1, -0.05) is 27.5 Å². The van der Waals surface area contributed by atoms with E-state index in [4.69, 9.17) is 17.3 Å². The van der Waals surface area contributed by atoms with Crippen molar-refractivity contribution in [3.63, 3.8) is 0 Å². The van der Waals surface area contributed by atoms with Crippen LogP contribution in [-0.2, 0) is 6.42 Å². The van der Waals surface area contributed by atoms with Crippen molar-refractivity contribution >= 4 is 44.4 Å². The molecule has 1 heterocycles. The normalized spacial score (nSPS) is 11.2. The lowest BCUT2D eigenvalue weighted by atomic mass is 9.99. The average molecular weight is 422 g/mol. The van der Waals surface area contributed by atoms with Crippen LogP contribution in [0.3, 0.4) is 0 Å². The van der Waals surface area contributed by atoms with E-state index in [1.54, 1.807) is 18.2 Å². The molecule has 0 atom stereocenters. The molecule has 4 nitrogen and oxygen atoms in total. The number of carbonyl (C=O) groups is 1. The van der Waals surface area contributed by atoms with Gasteiger partial charge in [-0.2, -0.15) is 0 Å². The van der Waals surface area contributed by atoms with Gasteiger partial charge >= 0.3 is 5.97 Å². The van der Waals surface area contributed by atoms with Crippen molar-refractivity contribution in [2.24, 2.45) is 5.73 Å². The third-order valence-corrected chi connectivity index (χ3v) is 5.05. The Morgan fingerprint density at radius 2 is 2.00 bits per heavy atom. The highest BCUT2D eigenvalue weighted by atomic mass is 79.9. The van der Waals surface area contributed by atoms with Gasteiger partial charge in [0.15, 0.2) is 0 Å². The lowest BCUT2D eigenvalue weighted by molar-refractivity contribution is 0.0697. The Balaban J connectivity index is 2.20. The van der Waals surface area contributed by atoms with Gasteiger partial charge in [0.2, 0.25) is 0 Å². The predicted octanol–water partition coefficient (Wildman–Crippen LogP) is 5.23. The number of H-pyrrole nitrogens is 1. The summed E-state index contributed by atoms with van der Waals surface area (Å²) >= 11 is 9.91. The molecule has 4 N–H and O–H groups in total. The van der Waals surface area contributed by atoms with E-state index in [2.05, 4.69) is 20.9 Å². The largest absolute Gasteiger partial charge is 0.478 e. The molecule has 25 heavy (non-hydrogen) atoms. The van der Waals surface area contributed by atoms with Crippen LogP contribution in [-0.4, -0.2) is 22.6 Å². The number of nitrogens with two attached hydrogens (primary N) is 1. The van der Waals surface area contributed by atoms with Crippen LogP contribution in [0.1, 0.15) is 28.8 Å². The van der Waals surface area contributed by atoms with Gasteiger partial charge in [-0.15, -0.1) is 0 Å². The van der Waals surface area contributed by atoms with Crippen LogP contribution in [0.15, 0.2) is 40.9 Å². The molecule has 3 rings (SSSR count). The van der Waals surface area contributed by atoms with Crippen LogP contribution >= 0.6 is 27.5 Å². The van der Waals surface area contributed by atoms with Crippen LogP contribution in [0.2, 0.25) is 5.02 Å². The summed E-state index contributed by atoms with van der Waals surface area (Å²) in [6, 6.07) is 10.8. The highest BCUT2D eigenvalue weighted by Crippen LogP contribution is 2.37. The maximum absolute atomic E-state index is 11.3. The van der Waals surface area contributed by atoms with E-state index in [0.717, 1.165) is 51.5 Å². The van der Waals surface area contributed by atoms with E-state index in [-0.39, 0.29) is 5.56 Å². The zero-order valence-corrected chi connectivity index (χ0v) is 15.8. The number of unbranched alkanes of at least 4 members (excludes halogenated alkanes) is 1. The summed E-state index contributed by atoms with van der Waals surface area (Å²) in [6.45, 7) is 0.635. The van der Waals surface area contributed by atoms with Crippen molar-refractivity contribution in [3.05, 3.63) is 57.0 Å². The van der Waals surface area contributed by atoms with Crippen LogP contribution in [0.5, 0.6) is 0 Å². The first-order valence-electron chi connectivity index (χ1n) is 8.04. The number of halogens is 2. The number of nitrogens with one attached hydrogen (secondary N) is 1. The number of fused-ring (bicyclic) bond motifs is 1. The smallest absolute Gasteiger partial charge is 0.335 e. The lowest BCUT2D eigenvalue weighted by Crippen LogP contribution is -1.99. The zero-order valence-electron chi connectivity index (χ0n) is 13.5. The fraction of sp³-hybridized carbons (Fsp3) is 0.211. The Morgan fingerprint density at radius 1 is 1.20 bits per heavy atom. The molecular weight excluding hydrogens is 404 g/mol. The number of aromatic nitrogens is 1. The second-order valence-corrected chi connectivity index (χ2v) is 7.24. The summed E-state index contributed by atoms with van der Waals surface area (Å²) in [5, 5.41) is 10.9. The number of carboxylic acids is 1. The summed E-state index contributed by atoms with van der Waals surface area (Å²) in [6.07, 6.45) is 2.65. The third kappa shape index (κ3) is 3.73. The van der Waals surface area contributed by atoms with Gasteiger partial charge < -0.3 is 15.8 Å². The summed E-state index contributed by atoms with van der Waals surface area (Å²) < 4.78 is 0.935. The molecule has 3 aromatic rings. The number of hydrogen-bond donors (Lipinski definition) is 3. The summed E-state index contributed by atoms with van der Waals surface area (Å²) in [5.41, 5.74) is 9.70. The lowest BCUT2D eigenvalue weighted by Gasteiger charge is -2.08. The number of benzene rings is 2. The van der Waals surface area contributed by atoms with Crippen molar-refractivity contribution in [2.75, 3.05) is 6.54 Å². The fourth-order valence-electron chi connectivity index (χ4n) is 3.01. The Kier molecular flexibility index (Phi) is 5.47. The SMILES string of the molecule is NCCCCc1c(-c2cc(Br)ccc2Cl)[nH]c2ccc(C(=O)O)cc12. The van der Waals surface area contributed by atoms with Gasteiger partial charge in [0, 0.05) is 26.0 Å². The maximum Gasteiger partial charge on any atom is 0.335 e. The molecule has 0 bridgehead atoms. The molecular formula is C19H18BrClN2O2. The molecule has 0 saturated heterocycles. The highest BCUT2D eigenvalue weighted by Gasteiger charge is 2.17. The first kappa shape index (κ1) is 18.0. The summed E-state index contributed by atoms with van der Waals surface area (Å²) in [5.74, 6) is -0.932. The summed E-state index contributed by atoms with van der Waals surface area (Å²) in [7, 11) is 0. The van der Waals surface area contributed by atoms with Crippen molar-refractivity contribution in [1.82, 2.24) is 4.98 Å². The van der Waals surface area contributed by atoms with Crippen LogP contribution < -0.4 is 5.73 Å². The molecule has 0 spiro atoms. The molecule has 1 aromatic heterocycles. The fourth-order valence-corrected chi connectivity index (χ4v) is 3.58. The van der Waals surface area contributed by atoms with E-state index in [0.29, 0.717) is 11.6 Å². The zero-order chi connectivity index (χ0) is 18.0. The van der Waals surface area contributed by atoms with E-state index in [1.807, 2.05) is 18.2 Å². The number of aryl methyl sites for hydroxylation is 1. The Bertz CT molecular complexity index is 937. The molecule has 130 valence electrons. The first-order chi connectivity index (χ1) is 12.0. The van der Waals surface area contributed by atoms with E-state index in [1.165, 1.54) is 0 Å². The number of rotatable bonds is 6. The van der Waals surface area contributed by atoms with Crippen LogP contribution in [0, 0.1) is 0 Å². The number of carboxylic acid groups (broad SMARTS) is 1. The third-order valence-electron chi connectivity index (χ3n) is 4.23. The predicted molar refractivity (Wildman–Crippen MR) is 105 cm³/mol. The Morgan fingerprint density at radius 3 is 2.72 bits per heavy atom. The van der Waals surface area contributed by atoms with Gasteiger partial charge in [-0.25, -0.2) is 4.79 Å². The highest BCUT2D eigenvalue weighted by molar-refractivity contribution is 9.10. The van der Waals surface area contributed by atoms with Gasteiger partial charge in [0.1, 0.15) is 0 Å². The molecule has 0 saturated carbocycles. The molecule has 0 aliphatic heterocycles. The molecule has 0 aliphatic carbocycles. The minimum Gasteiger partial charge on any atom is -0.478 e. The monoisotopic (exact) mass is 420 g/mol. The van der Waals surface area contributed by atoms with E-state index < -0.39 is 5.97 Å². The average Bonchev–Trinajstić information content (AvgIpc) is 2.95.